The molecular weight excluding hydrogens is 280 g/mol. The summed E-state index contributed by atoms with van der Waals surface area (Å²) < 4.78 is 27.8. The van der Waals surface area contributed by atoms with E-state index in [2.05, 4.69) is 4.72 Å². The Kier molecular flexibility index (Phi) is 4.89. The van der Waals surface area contributed by atoms with Gasteiger partial charge in [0.2, 0.25) is 10.0 Å². The van der Waals surface area contributed by atoms with Gasteiger partial charge in [0, 0.05) is 18.3 Å². The lowest BCUT2D eigenvalue weighted by atomic mass is 10.1. The van der Waals surface area contributed by atoms with Gasteiger partial charge in [0.25, 0.3) is 0 Å². The van der Waals surface area contributed by atoms with E-state index >= 15 is 0 Å². The second kappa shape index (κ2) is 6.26. The minimum atomic E-state index is -3.44. The van der Waals surface area contributed by atoms with Crippen LogP contribution in [-0.2, 0) is 23.0 Å². The molecule has 1 aromatic rings. The van der Waals surface area contributed by atoms with Crippen LogP contribution >= 0.6 is 11.8 Å². The van der Waals surface area contributed by atoms with E-state index in [0.717, 1.165) is 29.1 Å². The fourth-order valence-electron chi connectivity index (χ4n) is 2.18. The van der Waals surface area contributed by atoms with Gasteiger partial charge in [-0.05, 0) is 35.8 Å². The first kappa shape index (κ1) is 14.8. The molecule has 1 fully saturated rings. The van der Waals surface area contributed by atoms with Crippen LogP contribution in [0, 0.1) is 0 Å². The Balaban J connectivity index is 2.32. The molecule has 0 amide bonds. The van der Waals surface area contributed by atoms with Crippen molar-refractivity contribution in [1.82, 2.24) is 4.72 Å². The highest BCUT2D eigenvalue weighted by Gasteiger charge is 2.25. The molecule has 1 aliphatic rings. The molecule has 19 heavy (non-hydrogen) atoms. The molecule has 0 saturated carbocycles. The van der Waals surface area contributed by atoms with E-state index in [4.69, 9.17) is 5.73 Å². The Morgan fingerprint density at radius 1 is 1.47 bits per heavy atom. The van der Waals surface area contributed by atoms with Crippen molar-refractivity contribution in [3.05, 3.63) is 29.3 Å². The first-order valence-corrected chi connectivity index (χ1v) is 9.12. The van der Waals surface area contributed by atoms with Gasteiger partial charge in [0.15, 0.2) is 0 Å². The van der Waals surface area contributed by atoms with E-state index in [9.17, 15) is 8.42 Å². The van der Waals surface area contributed by atoms with Crippen molar-refractivity contribution in [2.75, 3.05) is 11.5 Å². The predicted octanol–water partition coefficient (Wildman–Crippen LogP) is 1.49. The molecule has 4 nitrogen and oxygen atoms in total. The minimum Gasteiger partial charge on any atom is -0.326 e. The van der Waals surface area contributed by atoms with Gasteiger partial charge in [-0.2, -0.15) is 11.8 Å². The summed E-state index contributed by atoms with van der Waals surface area (Å²) in [5.74, 6) is 1.88. The van der Waals surface area contributed by atoms with Crippen LogP contribution in [0.5, 0.6) is 0 Å². The van der Waals surface area contributed by atoms with Crippen LogP contribution in [0.4, 0.5) is 0 Å². The fourth-order valence-corrected chi connectivity index (χ4v) is 5.07. The van der Waals surface area contributed by atoms with Gasteiger partial charge in [0.1, 0.15) is 0 Å². The third-order valence-electron chi connectivity index (χ3n) is 3.29. The maximum atomic E-state index is 12.5. The maximum Gasteiger partial charge on any atom is 0.241 e. The Morgan fingerprint density at radius 3 is 2.84 bits per heavy atom. The SMILES string of the molecule is CCc1ccc(CN)cc1S(=O)(=O)NC1CCSC1. The van der Waals surface area contributed by atoms with Gasteiger partial charge in [0.05, 0.1) is 4.90 Å². The molecule has 1 atom stereocenters. The standard InChI is InChI=1S/C13H20N2O2S2/c1-2-11-4-3-10(8-14)7-13(11)19(16,17)15-12-5-6-18-9-12/h3-4,7,12,15H,2,5-6,8-9,14H2,1H3. The molecule has 1 aliphatic heterocycles. The van der Waals surface area contributed by atoms with Crippen molar-refractivity contribution >= 4 is 21.8 Å². The highest BCUT2D eigenvalue weighted by molar-refractivity contribution is 7.99. The summed E-state index contributed by atoms with van der Waals surface area (Å²) in [6.45, 7) is 2.31. The minimum absolute atomic E-state index is 0.0567. The Hall–Kier alpha value is -0.560. The molecule has 1 heterocycles. The normalized spacial score (nSPS) is 19.8. The molecule has 106 valence electrons. The number of aryl methyl sites for hydroxylation is 1. The van der Waals surface area contributed by atoms with Crippen LogP contribution in [-0.4, -0.2) is 26.0 Å². The molecule has 1 aromatic carbocycles. The number of nitrogens with one attached hydrogen (secondary N) is 1. The number of benzene rings is 1. The number of rotatable bonds is 5. The third kappa shape index (κ3) is 3.51. The van der Waals surface area contributed by atoms with Gasteiger partial charge in [-0.15, -0.1) is 0 Å². The quantitative estimate of drug-likeness (QED) is 0.864. The molecule has 0 bridgehead atoms. The number of hydrogen-bond donors (Lipinski definition) is 2. The highest BCUT2D eigenvalue weighted by atomic mass is 32.2. The van der Waals surface area contributed by atoms with Gasteiger partial charge in [-0.1, -0.05) is 19.1 Å². The van der Waals surface area contributed by atoms with Crippen molar-refractivity contribution in [3.8, 4) is 0 Å². The smallest absolute Gasteiger partial charge is 0.241 e. The molecule has 0 spiro atoms. The predicted molar refractivity (Wildman–Crippen MR) is 79.8 cm³/mol. The average Bonchev–Trinajstić information content (AvgIpc) is 2.90. The van der Waals surface area contributed by atoms with Gasteiger partial charge in [-0.3, -0.25) is 0 Å². The first-order chi connectivity index (χ1) is 9.06. The summed E-state index contributed by atoms with van der Waals surface area (Å²) in [6.07, 6.45) is 1.60. The van der Waals surface area contributed by atoms with Crippen molar-refractivity contribution < 1.29 is 8.42 Å². The molecule has 1 saturated heterocycles. The third-order valence-corrected chi connectivity index (χ3v) is 6.05. The lowest BCUT2D eigenvalue weighted by molar-refractivity contribution is 0.562. The Labute approximate surface area is 119 Å². The van der Waals surface area contributed by atoms with Crippen LogP contribution in [0.1, 0.15) is 24.5 Å². The lowest BCUT2D eigenvalue weighted by Gasteiger charge is -2.15. The molecule has 0 radical (unpaired) electrons. The zero-order valence-electron chi connectivity index (χ0n) is 11.1. The first-order valence-electron chi connectivity index (χ1n) is 6.48. The fraction of sp³-hybridized carbons (Fsp3) is 0.538. The maximum absolute atomic E-state index is 12.5. The Morgan fingerprint density at radius 2 is 2.26 bits per heavy atom. The van der Waals surface area contributed by atoms with E-state index in [1.165, 1.54) is 0 Å². The summed E-state index contributed by atoms with van der Waals surface area (Å²) >= 11 is 1.79. The van der Waals surface area contributed by atoms with Crippen LogP contribution < -0.4 is 10.5 Å². The van der Waals surface area contributed by atoms with Crippen LogP contribution in [0.25, 0.3) is 0 Å². The van der Waals surface area contributed by atoms with Gasteiger partial charge >= 0.3 is 0 Å². The van der Waals surface area contributed by atoms with Crippen LogP contribution in [0.3, 0.4) is 0 Å². The number of hydrogen-bond acceptors (Lipinski definition) is 4. The number of thioether (sulfide) groups is 1. The largest absolute Gasteiger partial charge is 0.326 e. The molecular formula is C13H20N2O2S2. The van der Waals surface area contributed by atoms with Crippen molar-refractivity contribution in [2.45, 2.75) is 37.2 Å². The molecule has 0 aromatic heterocycles. The molecule has 2 rings (SSSR count). The summed E-state index contributed by atoms with van der Waals surface area (Å²) in [7, 11) is -3.44. The van der Waals surface area contributed by atoms with E-state index in [0.29, 0.717) is 17.9 Å². The van der Waals surface area contributed by atoms with Crippen molar-refractivity contribution in [3.63, 3.8) is 0 Å². The van der Waals surface area contributed by atoms with Crippen molar-refractivity contribution in [1.29, 1.82) is 0 Å². The van der Waals surface area contributed by atoms with E-state index in [1.807, 2.05) is 19.1 Å². The molecule has 0 aliphatic carbocycles. The van der Waals surface area contributed by atoms with Gasteiger partial charge < -0.3 is 5.73 Å². The van der Waals surface area contributed by atoms with E-state index < -0.39 is 10.0 Å². The summed E-state index contributed by atoms with van der Waals surface area (Å²) in [5.41, 5.74) is 7.29. The zero-order valence-corrected chi connectivity index (χ0v) is 12.7. The van der Waals surface area contributed by atoms with Crippen LogP contribution in [0.15, 0.2) is 23.1 Å². The molecule has 6 heteroatoms. The van der Waals surface area contributed by atoms with Crippen molar-refractivity contribution in [2.24, 2.45) is 5.73 Å². The van der Waals surface area contributed by atoms with Crippen LogP contribution in [0.2, 0.25) is 0 Å². The Bertz CT molecular complexity index is 538. The monoisotopic (exact) mass is 300 g/mol. The zero-order chi connectivity index (χ0) is 13.9. The second-order valence-electron chi connectivity index (χ2n) is 4.68. The topological polar surface area (TPSA) is 72.2 Å². The molecule has 1 unspecified atom stereocenters. The van der Waals surface area contributed by atoms with E-state index in [1.54, 1.807) is 17.8 Å². The second-order valence-corrected chi connectivity index (χ2v) is 7.51. The average molecular weight is 300 g/mol. The van der Waals surface area contributed by atoms with E-state index in [-0.39, 0.29) is 6.04 Å². The lowest BCUT2D eigenvalue weighted by Crippen LogP contribution is -2.35. The summed E-state index contributed by atoms with van der Waals surface area (Å²) in [6, 6.07) is 5.51. The summed E-state index contributed by atoms with van der Waals surface area (Å²) in [5, 5.41) is 0. The van der Waals surface area contributed by atoms with Gasteiger partial charge in [-0.25, -0.2) is 13.1 Å². The summed E-state index contributed by atoms with van der Waals surface area (Å²) in [4.78, 5) is 0.384. The number of nitrogens with two attached hydrogens (primary N) is 1. The highest BCUT2D eigenvalue weighted by Crippen LogP contribution is 2.22. The number of sulfonamides is 1. The molecule has 3 N–H and O–H groups in total.